The molecule has 1 saturated heterocycles. The van der Waals surface area contributed by atoms with Gasteiger partial charge in [-0.05, 0) is 78.1 Å². The van der Waals surface area contributed by atoms with Crippen molar-refractivity contribution in [1.82, 2.24) is 0 Å². The van der Waals surface area contributed by atoms with Crippen LogP contribution in [0.2, 0.25) is 0 Å². The number of anilines is 1. The number of benzene rings is 4. The van der Waals surface area contributed by atoms with Crippen molar-refractivity contribution < 1.29 is 33.0 Å². The molecule has 204 valence electrons. The summed E-state index contributed by atoms with van der Waals surface area (Å²) in [6, 6.07) is 26.9. The molecule has 6 nitrogen and oxygen atoms in total. The number of hydrogen-bond acceptors (Lipinski definition) is 5. The van der Waals surface area contributed by atoms with Crippen molar-refractivity contribution in [2.45, 2.75) is 31.6 Å². The molecule has 1 amide bonds. The molecule has 5 rings (SSSR count). The first-order chi connectivity index (χ1) is 19.4. The molecule has 3 atom stereocenters. The predicted octanol–water partition coefficient (Wildman–Crippen LogP) is 6.90. The highest BCUT2D eigenvalue weighted by Crippen LogP contribution is 2.46. The van der Waals surface area contributed by atoms with Crippen LogP contribution in [0, 0.1) is 17.6 Å². The van der Waals surface area contributed by atoms with Gasteiger partial charge in [0.25, 0.3) is 0 Å². The van der Waals surface area contributed by atoms with Crippen molar-refractivity contribution >= 4 is 17.7 Å². The second-order valence-corrected chi connectivity index (χ2v) is 9.58. The summed E-state index contributed by atoms with van der Waals surface area (Å²) in [6.07, 6.45) is -1.02. The van der Waals surface area contributed by atoms with E-state index in [2.05, 4.69) is 0 Å². The van der Waals surface area contributed by atoms with Crippen molar-refractivity contribution in [3.05, 3.63) is 131 Å². The third-order valence-corrected chi connectivity index (χ3v) is 6.95. The average Bonchev–Trinajstić information content (AvgIpc) is 2.97. The maximum absolute atomic E-state index is 13.6. The number of aliphatic hydroxyl groups is 1. The summed E-state index contributed by atoms with van der Waals surface area (Å²) < 4.78 is 37.3. The second kappa shape index (κ2) is 12.1. The molecule has 0 saturated carbocycles. The van der Waals surface area contributed by atoms with Crippen LogP contribution in [0.3, 0.4) is 0 Å². The van der Waals surface area contributed by atoms with E-state index in [-0.39, 0.29) is 24.3 Å². The van der Waals surface area contributed by atoms with E-state index in [1.54, 1.807) is 41.3 Å². The minimum Gasteiger partial charge on any atom is -0.429 e. The third kappa shape index (κ3) is 6.18. The van der Waals surface area contributed by atoms with E-state index in [9.17, 15) is 23.5 Å². The summed E-state index contributed by atoms with van der Waals surface area (Å²) in [5.41, 5.74) is 2.74. The molecule has 4 aromatic carbocycles. The zero-order valence-corrected chi connectivity index (χ0v) is 21.5. The van der Waals surface area contributed by atoms with Crippen molar-refractivity contribution in [3.8, 4) is 5.75 Å². The topological polar surface area (TPSA) is 76.1 Å². The summed E-state index contributed by atoms with van der Waals surface area (Å²) in [7, 11) is 0. The smallest absolute Gasteiger partial charge is 0.429 e. The van der Waals surface area contributed by atoms with Gasteiger partial charge < -0.3 is 19.5 Å². The summed E-state index contributed by atoms with van der Waals surface area (Å²) in [4.78, 5) is 27.0. The Bertz CT molecular complexity index is 1440. The van der Waals surface area contributed by atoms with Gasteiger partial charge in [0.15, 0.2) is 0 Å². The fraction of sp³-hybridized carbons (Fsp3) is 0.188. The summed E-state index contributed by atoms with van der Waals surface area (Å²) in [5, 5.41) is 10.6. The van der Waals surface area contributed by atoms with Crippen LogP contribution in [0.15, 0.2) is 103 Å². The molecule has 4 aromatic rings. The number of hydrogen-bond donors (Lipinski definition) is 1. The fourth-order valence-electron chi connectivity index (χ4n) is 4.87. The lowest BCUT2D eigenvalue weighted by molar-refractivity contribution is -0.131. The molecule has 1 unspecified atom stereocenters. The molecule has 1 aliphatic heterocycles. The highest BCUT2D eigenvalue weighted by Gasteiger charge is 2.48. The number of carbonyl (C=O) groups excluding carboxylic acids is 2. The molecule has 1 heterocycles. The number of halogens is 2. The lowest BCUT2D eigenvalue weighted by Crippen LogP contribution is -2.55. The second-order valence-electron chi connectivity index (χ2n) is 9.58. The molecule has 40 heavy (non-hydrogen) atoms. The minimum atomic E-state index is -0.855. The molecule has 8 heteroatoms. The minimum absolute atomic E-state index is 0.0834. The molecular formula is C32H27F2NO5. The molecule has 0 aromatic heterocycles. The Hall–Kier alpha value is -4.56. The lowest BCUT2D eigenvalue weighted by atomic mass is 9.78. The number of nitrogens with zero attached hydrogens (tertiary/aromatic N) is 1. The number of β-lactam (4-membered cyclic amide) rings is 1. The van der Waals surface area contributed by atoms with Crippen LogP contribution in [-0.4, -0.2) is 17.2 Å². The van der Waals surface area contributed by atoms with E-state index in [4.69, 9.17) is 9.47 Å². The molecular weight excluding hydrogens is 516 g/mol. The predicted molar refractivity (Wildman–Crippen MR) is 144 cm³/mol. The van der Waals surface area contributed by atoms with Gasteiger partial charge in [-0.2, -0.15) is 0 Å². The van der Waals surface area contributed by atoms with Crippen molar-refractivity contribution in [2.24, 2.45) is 5.92 Å². The maximum Gasteiger partial charge on any atom is 0.514 e. The van der Waals surface area contributed by atoms with Gasteiger partial charge in [-0.1, -0.05) is 54.6 Å². The number of aliphatic hydroxyl groups excluding tert-OH is 1. The Morgan fingerprint density at radius 1 is 0.850 bits per heavy atom. The van der Waals surface area contributed by atoms with Crippen molar-refractivity contribution in [1.29, 1.82) is 0 Å². The van der Waals surface area contributed by atoms with Crippen LogP contribution in [0.25, 0.3) is 0 Å². The number of amides is 1. The van der Waals surface area contributed by atoms with Gasteiger partial charge >= 0.3 is 6.16 Å². The van der Waals surface area contributed by atoms with E-state index in [0.717, 1.165) is 11.1 Å². The van der Waals surface area contributed by atoms with Crippen LogP contribution in [-0.2, 0) is 16.1 Å². The van der Waals surface area contributed by atoms with Crippen molar-refractivity contribution in [2.75, 3.05) is 4.90 Å². The first-order valence-electron chi connectivity index (χ1n) is 12.9. The van der Waals surface area contributed by atoms with Crippen molar-refractivity contribution in [3.63, 3.8) is 0 Å². The zero-order chi connectivity index (χ0) is 28.1. The Morgan fingerprint density at radius 2 is 1.48 bits per heavy atom. The highest BCUT2D eigenvalue weighted by molar-refractivity contribution is 6.03. The Morgan fingerprint density at radius 3 is 2.12 bits per heavy atom. The number of carbonyl (C=O) groups is 2. The summed E-state index contributed by atoms with van der Waals surface area (Å²) in [6.45, 7) is 0.0834. The quantitative estimate of drug-likeness (QED) is 0.141. The summed E-state index contributed by atoms with van der Waals surface area (Å²) >= 11 is 0. The first kappa shape index (κ1) is 27.0. The normalized spacial score (nSPS) is 17.2. The van der Waals surface area contributed by atoms with E-state index < -0.39 is 29.8 Å². The molecule has 0 aliphatic carbocycles. The molecule has 0 bridgehead atoms. The third-order valence-electron chi connectivity index (χ3n) is 6.95. The van der Waals surface area contributed by atoms with Crippen LogP contribution in [0.1, 0.15) is 41.7 Å². The Balaban J connectivity index is 1.28. The van der Waals surface area contributed by atoms with E-state index in [1.807, 2.05) is 30.3 Å². The van der Waals surface area contributed by atoms with Gasteiger partial charge in [-0.25, -0.2) is 13.6 Å². The molecule has 1 N–H and O–H groups in total. The zero-order valence-electron chi connectivity index (χ0n) is 21.5. The van der Waals surface area contributed by atoms with Gasteiger partial charge in [0.1, 0.15) is 24.0 Å². The van der Waals surface area contributed by atoms with Crippen LogP contribution >= 0.6 is 0 Å². The molecule has 1 fully saturated rings. The highest BCUT2D eigenvalue weighted by atomic mass is 19.1. The Labute approximate surface area is 230 Å². The lowest BCUT2D eigenvalue weighted by Gasteiger charge is -2.48. The van der Waals surface area contributed by atoms with E-state index in [1.165, 1.54) is 36.4 Å². The molecule has 0 radical (unpaired) electrons. The van der Waals surface area contributed by atoms with Crippen LogP contribution in [0.4, 0.5) is 19.3 Å². The Kier molecular flexibility index (Phi) is 8.17. The number of rotatable bonds is 9. The van der Waals surface area contributed by atoms with Gasteiger partial charge in [0.05, 0.1) is 18.1 Å². The summed E-state index contributed by atoms with van der Waals surface area (Å²) in [5.74, 6) is -1.11. The molecule has 1 aliphatic rings. The first-order valence-corrected chi connectivity index (χ1v) is 12.9. The van der Waals surface area contributed by atoms with Gasteiger partial charge in [0.2, 0.25) is 5.91 Å². The van der Waals surface area contributed by atoms with Crippen LogP contribution < -0.4 is 9.64 Å². The standard InChI is InChI=1S/C32H27F2NO5/c33-24-10-6-22(7-11-24)29(36)19-18-28-30(35(31(28)37)26-14-12-25(34)13-15-26)23-8-16-27(17-9-23)40-32(38)39-20-21-4-2-1-3-5-21/h1-17,28-30,36H,18-20H2/t28?,29-,30+/m0/s1. The van der Waals surface area contributed by atoms with Crippen LogP contribution in [0.5, 0.6) is 5.75 Å². The monoisotopic (exact) mass is 543 g/mol. The van der Waals surface area contributed by atoms with E-state index >= 15 is 0 Å². The largest absolute Gasteiger partial charge is 0.514 e. The van der Waals surface area contributed by atoms with E-state index in [0.29, 0.717) is 24.1 Å². The van der Waals surface area contributed by atoms with Gasteiger partial charge in [-0.15, -0.1) is 0 Å². The van der Waals surface area contributed by atoms with Gasteiger partial charge in [0, 0.05) is 5.69 Å². The maximum atomic E-state index is 13.6. The number of ether oxygens (including phenoxy) is 2. The fourth-order valence-corrected chi connectivity index (χ4v) is 4.87. The molecule has 0 spiro atoms. The van der Waals surface area contributed by atoms with Gasteiger partial charge in [-0.3, -0.25) is 4.79 Å². The average molecular weight is 544 g/mol. The SMILES string of the molecule is O=C(OCc1ccccc1)Oc1ccc([C@@H]2C(CC[C@H](O)c3ccc(F)cc3)C(=O)N2c2ccc(F)cc2)cc1.